The number of nitrogens with one attached hydrogen (secondary N) is 2. The Hall–Kier alpha value is -0.330. The summed E-state index contributed by atoms with van der Waals surface area (Å²) in [6, 6.07) is 2.98. The molecular formula is C14H22Cl2N2O2S. The minimum Gasteiger partial charge on any atom is -0.316 e. The highest BCUT2D eigenvalue weighted by molar-refractivity contribution is 7.89. The minimum absolute atomic E-state index is 0.0609. The number of rotatable bonds is 7. The molecule has 0 amide bonds. The average molecular weight is 353 g/mol. The highest BCUT2D eigenvalue weighted by Crippen LogP contribution is 2.29. The van der Waals surface area contributed by atoms with E-state index in [2.05, 4.69) is 10.0 Å². The van der Waals surface area contributed by atoms with Crippen molar-refractivity contribution in [3.8, 4) is 0 Å². The summed E-state index contributed by atoms with van der Waals surface area (Å²) < 4.78 is 27.5. The Kier molecular flexibility index (Phi) is 6.50. The molecule has 0 unspecified atom stereocenters. The third kappa shape index (κ3) is 5.11. The van der Waals surface area contributed by atoms with Crippen LogP contribution in [0.15, 0.2) is 17.0 Å². The summed E-state index contributed by atoms with van der Waals surface area (Å²) in [5.41, 5.74) is 0.582. The van der Waals surface area contributed by atoms with Gasteiger partial charge in [0.25, 0.3) is 0 Å². The predicted octanol–water partition coefficient (Wildman–Crippen LogP) is 3.43. The Labute approximate surface area is 137 Å². The van der Waals surface area contributed by atoms with Gasteiger partial charge in [0.05, 0.1) is 5.02 Å². The number of sulfonamides is 1. The van der Waals surface area contributed by atoms with Crippen LogP contribution in [0.25, 0.3) is 0 Å². The molecule has 0 bridgehead atoms. The summed E-state index contributed by atoms with van der Waals surface area (Å²) >= 11 is 12.1. The zero-order valence-electron chi connectivity index (χ0n) is 12.8. The van der Waals surface area contributed by atoms with Crippen LogP contribution in [0.3, 0.4) is 0 Å². The fraction of sp³-hybridized carbons (Fsp3) is 0.571. The third-order valence-electron chi connectivity index (χ3n) is 3.46. The van der Waals surface area contributed by atoms with Crippen LogP contribution in [0.4, 0.5) is 0 Å². The Bertz CT molecular complexity index is 601. The van der Waals surface area contributed by atoms with Crippen LogP contribution in [0.1, 0.15) is 32.8 Å². The van der Waals surface area contributed by atoms with Crippen molar-refractivity contribution >= 4 is 33.2 Å². The maximum atomic E-state index is 12.4. The first-order valence-corrected chi connectivity index (χ1v) is 8.99. The standard InChI is InChI=1S/C14H22Cl2N2O2S/c1-5-14(2,3)9-18-21(19,20)13-6-10(8-17-4)11(15)7-12(13)16/h6-7,17-18H,5,8-9H2,1-4H3. The normalized spacial score (nSPS) is 12.7. The van der Waals surface area contributed by atoms with Crippen LogP contribution < -0.4 is 10.0 Å². The van der Waals surface area contributed by atoms with E-state index in [4.69, 9.17) is 23.2 Å². The molecule has 0 heterocycles. The van der Waals surface area contributed by atoms with Crippen LogP contribution in [0, 0.1) is 5.41 Å². The molecule has 0 aromatic heterocycles. The molecule has 1 rings (SSSR count). The Morgan fingerprint density at radius 1 is 1.19 bits per heavy atom. The highest BCUT2D eigenvalue weighted by atomic mass is 35.5. The summed E-state index contributed by atoms with van der Waals surface area (Å²) in [6.45, 7) is 6.86. The van der Waals surface area contributed by atoms with Gasteiger partial charge in [0.2, 0.25) is 10.0 Å². The molecular weight excluding hydrogens is 331 g/mol. The molecule has 0 saturated carbocycles. The Morgan fingerprint density at radius 2 is 1.81 bits per heavy atom. The minimum atomic E-state index is -3.66. The summed E-state index contributed by atoms with van der Waals surface area (Å²) in [5.74, 6) is 0. The van der Waals surface area contributed by atoms with Gasteiger partial charge in [-0.3, -0.25) is 0 Å². The fourth-order valence-electron chi connectivity index (χ4n) is 1.60. The smallest absolute Gasteiger partial charge is 0.242 e. The van der Waals surface area contributed by atoms with Crippen molar-refractivity contribution in [2.45, 2.75) is 38.6 Å². The van der Waals surface area contributed by atoms with E-state index in [0.29, 0.717) is 23.7 Å². The van der Waals surface area contributed by atoms with Gasteiger partial charge in [-0.1, -0.05) is 44.0 Å². The molecule has 0 aliphatic heterocycles. The summed E-state index contributed by atoms with van der Waals surface area (Å²) in [5, 5.41) is 3.52. The van der Waals surface area contributed by atoms with E-state index in [0.717, 1.165) is 6.42 Å². The first-order chi connectivity index (χ1) is 9.63. The van der Waals surface area contributed by atoms with Crippen molar-refractivity contribution in [2.75, 3.05) is 13.6 Å². The lowest BCUT2D eigenvalue weighted by atomic mass is 9.91. The maximum Gasteiger partial charge on any atom is 0.242 e. The zero-order chi connectivity index (χ0) is 16.3. The molecule has 4 nitrogen and oxygen atoms in total. The second kappa shape index (κ2) is 7.29. The molecule has 21 heavy (non-hydrogen) atoms. The predicted molar refractivity (Wildman–Crippen MR) is 88.5 cm³/mol. The molecule has 0 aliphatic carbocycles. The van der Waals surface area contributed by atoms with Crippen molar-refractivity contribution in [3.63, 3.8) is 0 Å². The lowest BCUT2D eigenvalue weighted by molar-refractivity contribution is 0.350. The van der Waals surface area contributed by atoms with Crippen molar-refractivity contribution in [1.82, 2.24) is 10.0 Å². The van der Waals surface area contributed by atoms with E-state index in [1.165, 1.54) is 12.1 Å². The van der Waals surface area contributed by atoms with Crippen LogP contribution in [0.2, 0.25) is 10.0 Å². The Balaban J connectivity index is 3.10. The van der Waals surface area contributed by atoms with E-state index < -0.39 is 10.0 Å². The van der Waals surface area contributed by atoms with Gasteiger partial charge < -0.3 is 5.32 Å². The van der Waals surface area contributed by atoms with Gasteiger partial charge in [-0.25, -0.2) is 13.1 Å². The topological polar surface area (TPSA) is 58.2 Å². The molecule has 2 N–H and O–H groups in total. The average Bonchev–Trinajstić information content (AvgIpc) is 2.40. The number of benzene rings is 1. The maximum absolute atomic E-state index is 12.4. The van der Waals surface area contributed by atoms with Crippen LogP contribution in [-0.4, -0.2) is 22.0 Å². The van der Waals surface area contributed by atoms with E-state index in [-0.39, 0.29) is 15.3 Å². The van der Waals surface area contributed by atoms with Crippen molar-refractivity contribution in [2.24, 2.45) is 5.41 Å². The quantitative estimate of drug-likeness (QED) is 0.790. The lowest BCUT2D eigenvalue weighted by Gasteiger charge is -2.23. The molecule has 7 heteroatoms. The molecule has 0 atom stereocenters. The largest absolute Gasteiger partial charge is 0.316 e. The summed E-state index contributed by atoms with van der Waals surface area (Å²) in [6.07, 6.45) is 0.870. The lowest BCUT2D eigenvalue weighted by Crippen LogP contribution is -2.33. The molecule has 0 spiro atoms. The van der Waals surface area contributed by atoms with E-state index in [1.807, 2.05) is 20.8 Å². The molecule has 0 fully saturated rings. The molecule has 1 aromatic carbocycles. The van der Waals surface area contributed by atoms with Gasteiger partial charge >= 0.3 is 0 Å². The van der Waals surface area contributed by atoms with Crippen molar-refractivity contribution in [1.29, 1.82) is 0 Å². The monoisotopic (exact) mass is 352 g/mol. The van der Waals surface area contributed by atoms with E-state index in [1.54, 1.807) is 7.05 Å². The van der Waals surface area contributed by atoms with Gasteiger partial charge in [0, 0.05) is 18.1 Å². The molecule has 0 radical (unpaired) electrons. The van der Waals surface area contributed by atoms with Gasteiger partial charge in [0.15, 0.2) is 0 Å². The van der Waals surface area contributed by atoms with Gasteiger partial charge in [-0.15, -0.1) is 0 Å². The SMILES string of the molecule is CCC(C)(C)CNS(=O)(=O)c1cc(CNC)c(Cl)cc1Cl. The molecule has 0 aliphatic rings. The highest BCUT2D eigenvalue weighted by Gasteiger charge is 2.23. The van der Waals surface area contributed by atoms with Crippen LogP contribution in [-0.2, 0) is 16.6 Å². The molecule has 1 aromatic rings. The van der Waals surface area contributed by atoms with Gasteiger partial charge in [0.1, 0.15) is 4.90 Å². The van der Waals surface area contributed by atoms with Crippen LogP contribution >= 0.6 is 23.2 Å². The first kappa shape index (κ1) is 18.7. The van der Waals surface area contributed by atoms with E-state index >= 15 is 0 Å². The summed E-state index contributed by atoms with van der Waals surface area (Å²) in [7, 11) is -1.90. The van der Waals surface area contributed by atoms with Gasteiger partial charge in [-0.05, 0) is 36.6 Å². The molecule has 0 saturated heterocycles. The summed E-state index contributed by atoms with van der Waals surface area (Å²) in [4.78, 5) is 0.0609. The second-order valence-corrected chi connectivity index (χ2v) is 8.30. The number of hydrogen-bond acceptors (Lipinski definition) is 3. The number of hydrogen-bond donors (Lipinski definition) is 2. The van der Waals surface area contributed by atoms with Crippen LogP contribution in [0.5, 0.6) is 0 Å². The molecule has 120 valence electrons. The zero-order valence-corrected chi connectivity index (χ0v) is 15.1. The van der Waals surface area contributed by atoms with Gasteiger partial charge in [-0.2, -0.15) is 0 Å². The van der Waals surface area contributed by atoms with E-state index in [9.17, 15) is 8.42 Å². The number of halogens is 2. The second-order valence-electron chi connectivity index (χ2n) is 5.75. The van der Waals surface area contributed by atoms with Crippen molar-refractivity contribution < 1.29 is 8.42 Å². The third-order valence-corrected chi connectivity index (χ3v) is 5.67. The first-order valence-electron chi connectivity index (χ1n) is 6.75. The fourth-order valence-corrected chi connectivity index (χ4v) is 3.70. The van der Waals surface area contributed by atoms with Crippen molar-refractivity contribution in [3.05, 3.63) is 27.7 Å². The Morgan fingerprint density at radius 3 is 2.33 bits per heavy atom.